The summed E-state index contributed by atoms with van der Waals surface area (Å²) in [4.78, 5) is 0. The fourth-order valence-electron chi connectivity index (χ4n) is 5.26. The van der Waals surface area contributed by atoms with Gasteiger partial charge >= 0.3 is 0 Å². The Morgan fingerprint density at radius 2 is 1.43 bits per heavy atom. The predicted molar refractivity (Wildman–Crippen MR) is 163 cm³/mol. The molecule has 0 atom stereocenters. The van der Waals surface area contributed by atoms with Gasteiger partial charge in [-0.25, -0.2) is 8.78 Å². The van der Waals surface area contributed by atoms with Gasteiger partial charge in [-0.15, -0.1) is 0 Å². The summed E-state index contributed by atoms with van der Waals surface area (Å²) in [7, 11) is 0. The maximum atomic E-state index is 15.2. The van der Waals surface area contributed by atoms with Gasteiger partial charge in [-0.3, -0.25) is 0 Å². The maximum Gasteiger partial charge on any atom is 0.201 e. The van der Waals surface area contributed by atoms with Crippen molar-refractivity contribution in [2.45, 2.75) is 83.8 Å². The van der Waals surface area contributed by atoms with Gasteiger partial charge in [0, 0.05) is 23.5 Å². The van der Waals surface area contributed by atoms with E-state index >= 15 is 4.39 Å². The van der Waals surface area contributed by atoms with Crippen molar-refractivity contribution in [3.63, 3.8) is 0 Å². The fraction of sp³-hybridized carbons (Fsp3) is 0.444. The van der Waals surface area contributed by atoms with Crippen LogP contribution in [0.3, 0.4) is 0 Å². The van der Waals surface area contributed by atoms with E-state index in [2.05, 4.69) is 13.0 Å². The SMILES string of the molecule is CC=CCCC1OCC(c2ccc(-c3ccc(-c4ccc(OCCCCCCCCC)c(F)c4F)cc3)c(F)c2)CO1. The third-order valence-electron chi connectivity index (χ3n) is 7.80. The summed E-state index contributed by atoms with van der Waals surface area (Å²) < 4.78 is 62.1. The van der Waals surface area contributed by atoms with Crippen molar-refractivity contribution in [1.82, 2.24) is 0 Å². The van der Waals surface area contributed by atoms with Crippen LogP contribution < -0.4 is 4.74 Å². The lowest BCUT2D eigenvalue weighted by molar-refractivity contribution is -0.189. The summed E-state index contributed by atoms with van der Waals surface area (Å²) >= 11 is 0. The molecule has 0 aliphatic carbocycles. The van der Waals surface area contributed by atoms with Crippen molar-refractivity contribution in [3.8, 4) is 28.0 Å². The molecule has 0 aromatic heterocycles. The number of unbranched alkanes of at least 4 members (excludes halogenated alkanes) is 6. The topological polar surface area (TPSA) is 27.7 Å². The quantitative estimate of drug-likeness (QED) is 0.132. The van der Waals surface area contributed by atoms with Crippen LogP contribution in [0.4, 0.5) is 13.2 Å². The molecule has 0 bridgehead atoms. The highest BCUT2D eigenvalue weighted by atomic mass is 19.2. The van der Waals surface area contributed by atoms with E-state index in [0.717, 1.165) is 37.7 Å². The van der Waals surface area contributed by atoms with Crippen LogP contribution in [0.25, 0.3) is 22.3 Å². The van der Waals surface area contributed by atoms with E-state index in [4.69, 9.17) is 14.2 Å². The molecule has 226 valence electrons. The number of allylic oxidation sites excluding steroid dienone is 2. The highest BCUT2D eigenvalue weighted by molar-refractivity contribution is 5.71. The highest BCUT2D eigenvalue weighted by Gasteiger charge is 2.24. The second kappa shape index (κ2) is 16.5. The van der Waals surface area contributed by atoms with Crippen molar-refractivity contribution in [2.24, 2.45) is 0 Å². The molecule has 6 heteroatoms. The summed E-state index contributed by atoms with van der Waals surface area (Å²) in [5.74, 6) is -2.39. The Morgan fingerprint density at radius 3 is 2.10 bits per heavy atom. The van der Waals surface area contributed by atoms with Crippen molar-refractivity contribution >= 4 is 0 Å². The molecule has 0 N–H and O–H groups in total. The zero-order valence-corrected chi connectivity index (χ0v) is 24.8. The lowest BCUT2D eigenvalue weighted by Gasteiger charge is -2.29. The molecule has 0 spiro atoms. The summed E-state index contributed by atoms with van der Waals surface area (Å²) in [5.41, 5.74) is 2.56. The first-order chi connectivity index (χ1) is 20.5. The normalized spacial score (nSPS) is 17.2. The van der Waals surface area contributed by atoms with Gasteiger partial charge in [0.25, 0.3) is 0 Å². The Bertz CT molecular complexity index is 1280. The number of ether oxygens (including phenoxy) is 3. The second-order valence-corrected chi connectivity index (χ2v) is 11.0. The number of rotatable bonds is 15. The van der Waals surface area contributed by atoms with Crippen molar-refractivity contribution in [1.29, 1.82) is 0 Å². The van der Waals surface area contributed by atoms with Gasteiger partial charge in [0.1, 0.15) is 5.82 Å². The van der Waals surface area contributed by atoms with Crippen LogP contribution in [-0.4, -0.2) is 26.1 Å². The number of benzene rings is 3. The molecule has 4 rings (SSSR count). The summed E-state index contributed by atoms with van der Waals surface area (Å²) in [6.07, 6.45) is 13.4. The maximum absolute atomic E-state index is 15.2. The molecule has 1 heterocycles. The molecule has 1 saturated heterocycles. The van der Waals surface area contributed by atoms with Gasteiger partial charge in [-0.2, -0.15) is 4.39 Å². The number of hydrogen-bond donors (Lipinski definition) is 0. The molecule has 1 aliphatic rings. The second-order valence-electron chi connectivity index (χ2n) is 11.0. The third kappa shape index (κ3) is 8.71. The van der Waals surface area contributed by atoms with Crippen molar-refractivity contribution < 1.29 is 27.4 Å². The Balaban J connectivity index is 1.33. The van der Waals surface area contributed by atoms with E-state index in [1.807, 2.05) is 19.1 Å². The Morgan fingerprint density at radius 1 is 0.786 bits per heavy atom. The molecule has 1 fully saturated rings. The van der Waals surface area contributed by atoms with E-state index in [1.54, 1.807) is 30.3 Å². The Labute approximate surface area is 248 Å². The van der Waals surface area contributed by atoms with Crippen LogP contribution in [0, 0.1) is 17.5 Å². The van der Waals surface area contributed by atoms with Crippen molar-refractivity contribution in [2.75, 3.05) is 19.8 Å². The van der Waals surface area contributed by atoms with Crippen LogP contribution in [0.5, 0.6) is 5.75 Å². The molecular weight excluding hydrogens is 537 g/mol. The van der Waals surface area contributed by atoms with Crippen LogP contribution in [0.2, 0.25) is 0 Å². The lowest BCUT2D eigenvalue weighted by atomic mass is 9.95. The molecule has 0 amide bonds. The highest BCUT2D eigenvalue weighted by Crippen LogP contribution is 2.33. The molecule has 0 saturated carbocycles. The first kappa shape index (κ1) is 31.8. The van der Waals surface area contributed by atoms with Crippen LogP contribution in [0.15, 0.2) is 66.7 Å². The number of halogens is 3. The largest absolute Gasteiger partial charge is 0.490 e. The smallest absolute Gasteiger partial charge is 0.201 e. The molecular formula is C36H43F3O3. The van der Waals surface area contributed by atoms with E-state index in [0.29, 0.717) is 36.5 Å². The zero-order chi connectivity index (χ0) is 29.7. The van der Waals surface area contributed by atoms with Gasteiger partial charge in [-0.1, -0.05) is 94.0 Å². The summed E-state index contributed by atoms with van der Waals surface area (Å²) in [5, 5.41) is 0. The lowest BCUT2D eigenvalue weighted by Crippen LogP contribution is -2.30. The monoisotopic (exact) mass is 580 g/mol. The van der Waals surface area contributed by atoms with Crippen LogP contribution in [-0.2, 0) is 9.47 Å². The predicted octanol–water partition coefficient (Wildman–Crippen LogP) is 10.4. The van der Waals surface area contributed by atoms with Gasteiger partial charge in [0.2, 0.25) is 5.82 Å². The standard InChI is InChI=1S/C36H43F3O3/c1-3-5-7-8-9-10-12-22-40-33-21-20-31(35(38)36(33)39)27-16-14-26(15-17-27)30-19-18-28(23-32(30)37)29-24-41-34(42-25-29)13-11-6-4-2/h4,6,14-21,23,29,34H,3,5,7-13,22,24-25H2,1-2H3. The average molecular weight is 581 g/mol. The van der Waals surface area contributed by atoms with E-state index in [9.17, 15) is 8.78 Å². The third-order valence-corrected chi connectivity index (χ3v) is 7.80. The average Bonchev–Trinajstić information content (AvgIpc) is 3.01. The molecule has 3 nitrogen and oxygen atoms in total. The fourth-order valence-corrected chi connectivity index (χ4v) is 5.26. The summed E-state index contributed by atoms with van der Waals surface area (Å²) in [6.45, 7) is 5.51. The molecule has 1 aliphatic heterocycles. The van der Waals surface area contributed by atoms with Crippen molar-refractivity contribution in [3.05, 3.63) is 89.8 Å². The zero-order valence-electron chi connectivity index (χ0n) is 24.8. The van der Waals surface area contributed by atoms with Gasteiger partial charge in [-0.05, 0) is 54.7 Å². The molecule has 42 heavy (non-hydrogen) atoms. The Hall–Kier alpha value is -3.09. The van der Waals surface area contributed by atoms with Gasteiger partial charge in [0.05, 0.1) is 19.8 Å². The minimum absolute atomic E-state index is 0.0331. The molecule has 0 unspecified atom stereocenters. The Kier molecular flexibility index (Phi) is 12.5. The first-order valence-corrected chi connectivity index (χ1v) is 15.4. The van der Waals surface area contributed by atoms with E-state index < -0.39 is 11.6 Å². The van der Waals surface area contributed by atoms with Gasteiger partial charge in [0.15, 0.2) is 17.9 Å². The van der Waals surface area contributed by atoms with E-state index in [-0.39, 0.29) is 29.3 Å². The van der Waals surface area contributed by atoms with Gasteiger partial charge < -0.3 is 14.2 Å². The first-order valence-electron chi connectivity index (χ1n) is 15.4. The molecule has 3 aromatic carbocycles. The molecule has 3 aromatic rings. The molecule has 0 radical (unpaired) electrons. The minimum Gasteiger partial charge on any atom is -0.490 e. The van der Waals surface area contributed by atoms with Crippen LogP contribution >= 0.6 is 0 Å². The van der Waals surface area contributed by atoms with E-state index in [1.165, 1.54) is 43.9 Å². The number of hydrogen-bond acceptors (Lipinski definition) is 3. The summed E-state index contributed by atoms with van der Waals surface area (Å²) in [6, 6.07) is 15.0. The van der Waals surface area contributed by atoms with Crippen LogP contribution in [0.1, 0.15) is 83.1 Å². The minimum atomic E-state index is -0.985.